The molecule has 0 aromatic heterocycles. The molecule has 0 bridgehead atoms. The van der Waals surface area contributed by atoms with Gasteiger partial charge in [0.15, 0.2) is 0 Å². The lowest BCUT2D eigenvalue weighted by Crippen LogP contribution is -2.53. The van der Waals surface area contributed by atoms with Gasteiger partial charge in [-0.1, -0.05) is 49.6 Å². The highest BCUT2D eigenvalue weighted by molar-refractivity contribution is 7.99. The Kier molecular flexibility index (Phi) is 5.92. The number of hydrogen-bond donors (Lipinski definition) is 2. The van der Waals surface area contributed by atoms with Crippen molar-refractivity contribution in [2.45, 2.75) is 43.4 Å². The van der Waals surface area contributed by atoms with Crippen LogP contribution in [0.2, 0.25) is 0 Å². The zero-order chi connectivity index (χ0) is 14.3. The van der Waals surface area contributed by atoms with Crippen LogP contribution in [-0.4, -0.2) is 28.9 Å². The van der Waals surface area contributed by atoms with E-state index < -0.39 is 0 Å². The fourth-order valence-corrected chi connectivity index (χ4v) is 3.51. The first kappa shape index (κ1) is 15.4. The predicted octanol–water partition coefficient (Wildman–Crippen LogP) is 2.73. The highest BCUT2D eigenvalue weighted by Crippen LogP contribution is 2.27. The van der Waals surface area contributed by atoms with Crippen LogP contribution >= 0.6 is 11.8 Å². The molecular formula is C16H23NO2S. The standard InChI is InChI=1S/C16H23NO2S/c18-13-16(9-5-2-6-10-16)17-15(19)12-20-11-14-7-3-1-4-8-14/h1,3-4,7-8,18H,2,5-6,9-13H2,(H,17,19). The molecule has 1 aromatic rings. The minimum absolute atomic E-state index is 0.0434. The molecule has 1 aliphatic rings. The van der Waals surface area contributed by atoms with Gasteiger partial charge >= 0.3 is 0 Å². The molecule has 3 nitrogen and oxygen atoms in total. The van der Waals surface area contributed by atoms with Crippen LogP contribution in [0.15, 0.2) is 30.3 Å². The molecule has 2 N–H and O–H groups in total. The molecular weight excluding hydrogens is 270 g/mol. The van der Waals surface area contributed by atoms with Crippen LogP contribution in [0.1, 0.15) is 37.7 Å². The molecule has 1 amide bonds. The van der Waals surface area contributed by atoms with Crippen molar-refractivity contribution in [1.82, 2.24) is 5.32 Å². The second-order valence-electron chi connectivity index (χ2n) is 5.53. The third-order valence-electron chi connectivity index (χ3n) is 3.86. The molecule has 1 fully saturated rings. The SMILES string of the molecule is O=C(CSCc1ccccc1)NC1(CO)CCCCC1. The number of carbonyl (C=O) groups excluding carboxylic acids is 1. The number of hydrogen-bond acceptors (Lipinski definition) is 3. The molecule has 0 spiro atoms. The molecule has 0 heterocycles. The second kappa shape index (κ2) is 7.70. The fraction of sp³-hybridized carbons (Fsp3) is 0.562. The minimum atomic E-state index is -0.358. The van der Waals surface area contributed by atoms with E-state index in [9.17, 15) is 9.90 Å². The number of aliphatic hydroxyl groups excluding tert-OH is 1. The van der Waals surface area contributed by atoms with E-state index in [-0.39, 0.29) is 18.1 Å². The quantitative estimate of drug-likeness (QED) is 0.848. The molecule has 1 aliphatic carbocycles. The van der Waals surface area contributed by atoms with Gasteiger partial charge in [-0.2, -0.15) is 0 Å². The van der Waals surface area contributed by atoms with Crippen molar-refractivity contribution in [2.75, 3.05) is 12.4 Å². The number of rotatable bonds is 6. The summed E-state index contributed by atoms with van der Waals surface area (Å²) in [6, 6.07) is 10.2. The summed E-state index contributed by atoms with van der Waals surface area (Å²) in [6.45, 7) is 0.0576. The van der Waals surface area contributed by atoms with E-state index in [2.05, 4.69) is 17.4 Å². The lowest BCUT2D eigenvalue weighted by atomic mass is 9.82. The average molecular weight is 293 g/mol. The Balaban J connectivity index is 1.74. The van der Waals surface area contributed by atoms with Gasteiger partial charge in [0.25, 0.3) is 0 Å². The molecule has 1 saturated carbocycles. The Hall–Kier alpha value is -1.00. The summed E-state index contributed by atoms with van der Waals surface area (Å²) in [6.07, 6.45) is 5.20. The smallest absolute Gasteiger partial charge is 0.230 e. The van der Waals surface area contributed by atoms with Crippen molar-refractivity contribution in [3.8, 4) is 0 Å². The third-order valence-corrected chi connectivity index (χ3v) is 4.87. The zero-order valence-electron chi connectivity index (χ0n) is 11.8. The lowest BCUT2D eigenvalue weighted by Gasteiger charge is -2.36. The van der Waals surface area contributed by atoms with E-state index in [0.717, 1.165) is 31.4 Å². The zero-order valence-corrected chi connectivity index (χ0v) is 12.6. The number of thioether (sulfide) groups is 1. The van der Waals surface area contributed by atoms with E-state index in [0.29, 0.717) is 5.75 Å². The predicted molar refractivity (Wildman–Crippen MR) is 83.6 cm³/mol. The summed E-state index contributed by atoms with van der Waals surface area (Å²) in [5, 5.41) is 12.6. The van der Waals surface area contributed by atoms with Crippen molar-refractivity contribution in [2.24, 2.45) is 0 Å². The van der Waals surface area contributed by atoms with E-state index in [1.807, 2.05) is 18.2 Å². The highest BCUT2D eigenvalue weighted by Gasteiger charge is 2.32. The van der Waals surface area contributed by atoms with Crippen LogP contribution in [0.5, 0.6) is 0 Å². The first-order chi connectivity index (χ1) is 9.74. The van der Waals surface area contributed by atoms with Crippen LogP contribution in [0, 0.1) is 0 Å². The maximum atomic E-state index is 12.0. The van der Waals surface area contributed by atoms with Crippen molar-refractivity contribution >= 4 is 17.7 Å². The van der Waals surface area contributed by atoms with E-state index >= 15 is 0 Å². The Morgan fingerprint density at radius 2 is 1.90 bits per heavy atom. The molecule has 110 valence electrons. The van der Waals surface area contributed by atoms with Gasteiger partial charge in [-0.3, -0.25) is 4.79 Å². The maximum absolute atomic E-state index is 12.0. The maximum Gasteiger partial charge on any atom is 0.230 e. The largest absolute Gasteiger partial charge is 0.394 e. The van der Waals surface area contributed by atoms with E-state index in [1.165, 1.54) is 12.0 Å². The molecule has 20 heavy (non-hydrogen) atoms. The number of aliphatic hydroxyl groups is 1. The third kappa shape index (κ3) is 4.53. The molecule has 4 heteroatoms. The van der Waals surface area contributed by atoms with Gasteiger partial charge in [0.1, 0.15) is 0 Å². The van der Waals surface area contributed by atoms with Crippen LogP contribution in [0.4, 0.5) is 0 Å². The summed E-state index contributed by atoms with van der Waals surface area (Å²) in [5.41, 5.74) is 0.877. The Labute approximate surface area is 125 Å². The van der Waals surface area contributed by atoms with Crippen LogP contribution in [-0.2, 0) is 10.5 Å². The lowest BCUT2D eigenvalue weighted by molar-refractivity contribution is -0.121. The average Bonchev–Trinajstić information content (AvgIpc) is 2.49. The molecule has 0 saturated heterocycles. The first-order valence-electron chi connectivity index (χ1n) is 7.28. The summed E-state index contributed by atoms with van der Waals surface area (Å²) in [4.78, 5) is 12.0. The van der Waals surface area contributed by atoms with Crippen LogP contribution in [0.3, 0.4) is 0 Å². The van der Waals surface area contributed by atoms with E-state index in [4.69, 9.17) is 0 Å². The summed E-state index contributed by atoms with van der Waals surface area (Å²) >= 11 is 1.62. The topological polar surface area (TPSA) is 49.3 Å². The van der Waals surface area contributed by atoms with Gasteiger partial charge < -0.3 is 10.4 Å². The Morgan fingerprint density at radius 1 is 1.20 bits per heavy atom. The number of benzene rings is 1. The number of nitrogens with one attached hydrogen (secondary N) is 1. The van der Waals surface area contributed by atoms with Gasteiger partial charge in [0, 0.05) is 5.75 Å². The second-order valence-corrected chi connectivity index (χ2v) is 6.51. The normalized spacial score (nSPS) is 17.6. The summed E-state index contributed by atoms with van der Waals surface area (Å²) < 4.78 is 0. The highest BCUT2D eigenvalue weighted by atomic mass is 32.2. The molecule has 1 aromatic carbocycles. The molecule has 0 atom stereocenters. The van der Waals surface area contributed by atoms with Gasteiger partial charge in [-0.25, -0.2) is 0 Å². The molecule has 2 rings (SSSR count). The van der Waals surface area contributed by atoms with Gasteiger partial charge in [-0.05, 0) is 18.4 Å². The van der Waals surface area contributed by atoms with E-state index in [1.54, 1.807) is 11.8 Å². The summed E-state index contributed by atoms with van der Waals surface area (Å²) in [7, 11) is 0. The monoisotopic (exact) mass is 293 g/mol. The van der Waals surface area contributed by atoms with Crippen molar-refractivity contribution in [3.63, 3.8) is 0 Å². The first-order valence-corrected chi connectivity index (χ1v) is 8.43. The van der Waals surface area contributed by atoms with Gasteiger partial charge in [0.05, 0.1) is 17.9 Å². The molecule has 0 aliphatic heterocycles. The number of carbonyl (C=O) groups is 1. The van der Waals surface area contributed by atoms with Crippen LogP contribution in [0.25, 0.3) is 0 Å². The number of amides is 1. The molecule has 0 radical (unpaired) electrons. The van der Waals surface area contributed by atoms with Gasteiger partial charge in [0.2, 0.25) is 5.91 Å². The van der Waals surface area contributed by atoms with Crippen molar-refractivity contribution in [3.05, 3.63) is 35.9 Å². The minimum Gasteiger partial charge on any atom is -0.394 e. The van der Waals surface area contributed by atoms with Crippen molar-refractivity contribution < 1.29 is 9.90 Å². The molecule has 0 unspecified atom stereocenters. The summed E-state index contributed by atoms with van der Waals surface area (Å²) in [5.74, 6) is 1.35. The fourth-order valence-electron chi connectivity index (χ4n) is 2.72. The van der Waals surface area contributed by atoms with Gasteiger partial charge in [-0.15, -0.1) is 11.8 Å². The van der Waals surface area contributed by atoms with Crippen LogP contribution < -0.4 is 5.32 Å². The van der Waals surface area contributed by atoms with Crippen molar-refractivity contribution in [1.29, 1.82) is 0 Å². The Morgan fingerprint density at radius 3 is 2.55 bits per heavy atom. The Bertz CT molecular complexity index is 416.